The van der Waals surface area contributed by atoms with Crippen molar-refractivity contribution in [2.45, 2.75) is 18.9 Å². The Morgan fingerprint density at radius 3 is 2.47 bits per heavy atom. The summed E-state index contributed by atoms with van der Waals surface area (Å²) in [5.74, 6) is 0.532. The van der Waals surface area contributed by atoms with E-state index in [4.69, 9.17) is 28.2 Å². The number of ketones is 1. The van der Waals surface area contributed by atoms with Crippen molar-refractivity contribution in [2.24, 2.45) is 0 Å². The van der Waals surface area contributed by atoms with E-state index in [9.17, 15) is 9.59 Å². The first-order valence-corrected chi connectivity index (χ1v) is 11.1. The molecule has 32 heavy (non-hydrogen) atoms. The molecule has 0 radical (unpaired) electrons. The Hall–Kier alpha value is -3.15. The summed E-state index contributed by atoms with van der Waals surface area (Å²) >= 11 is 12.3. The third-order valence-electron chi connectivity index (χ3n) is 5.79. The number of aromatic nitrogens is 2. The van der Waals surface area contributed by atoms with Crippen molar-refractivity contribution >= 4 is 51.6 Å². The van der Waals surface area contributed by atoms with Crippen LogP contribution in [0.2, 0.25) is 10.0 Å². The average molecular weight is 464 g/mol. The average Bonchev–Trinajstić information content (AvgIpc) is 3.35. The molecule has 1 unspecified atom stereocenters. The second-order valence-corrected chi connectivity index (χ2v) is 8.68. The Balaban J connectivity index is 1.51. The lowest BCUT2D eigenvalue weighted by atomic mass is 10.1. The van der Waals surface area contributed by atoms with E-state index in [2.05, 4.69) is 0 Å². The molecule has 4 aromatic rings. The van der Waals surface area contributed by atoms with Crippen molar-refractivity contribution in [2.75, 3.05) is 11.4 Å². The Morgan fingerprint density at radius 1 is 0.969 bits per heavy atom. The highest BCUT2D eigenvalue weighted by atomic mass is 35.5. The molecule has 1 fully saturated rings. The van der Waals surface area contributed by atoms with E-state index in [1.165, 1.54) is 0 Å². The van der Waals surface area contributed by atoms with Gasteiger partial charge in [-0.1, -0.05) is 47.5 Å². The number of halogens is 2. The smallest absolute Gasteiger partial charge is 0.227 e. The fraction of sp³-hybridized carbons (Fsp3) is 0.160. The summed E-state index contributed by atoms with van der Waals surface area (Å²) < 4.78 is 1.93. The monoisotopic (exact) mass is 463 g/mol. The number of carbonyl (C=O) groups excluding carboxylic acids is 2. The largest absolute Gasteiger partial charge is 0.320 e. The van der Waals surface area contributed by atoms with E-state index in [0.29, 0.717) is 34.3 Å². The highest BCUT2D eigenvalue weighted by Crippen LogP contribution is 2.36. The molecular formula is C25H19Cl2N3O2. The number of amides is 1. The van der Waals surface area contributed by atoms with Crippen LogP contribution in [0.3, 0.4) is 0 Å². The molecule has 3 aromatic carbocycles. The molecule has 1 saturated heterocycles. The molecule has 1 aliphatic rings. The highest BCUT2D eigenvalue weighted by Gasteiger charge is 2.35. The number of nitrogens with zero attached hydrogens (tertiary/aromatic N) is 3. The Morgan fingerprint density at radius 2 is 1.69 bits per heavy atom. The number of Topliss-reactive ketones (excluding diaryl/α,β-unsaturated/α-hetero) is 1. The van der Waals surface area contributed by atoms with Crippen LogP contribution in [0.4, 0.5) is 5.69 Å². The van der Waals surface area contributed by atoms with E-state index in [1.54, 1.807) is 35.2 Å². The van der Waals surface area contributed by atoms with Crippen molar-refractivity contribution in [1.29, 1.82) is 0 Å². The lowest BCUT2D eigenvalue weighted by molar-refractivity contribution is -0.117. The summed E-state index contributed by atoms with van der Waals surface area (Å²) in [6, 6.07) is 21.9. The van der Waals surface area contributed by atoms with Crippen LogP contribution in [0.25, 0.3) is 11.0 Å². The number of fused-ring (bicyclic) bond motifs is 1. The number of imidazole rings is 1. The quantitative estimate of drug-likeness (QED) is 0.354. The summed E-state index contributed by atoms with van der Waals surface area (Å²) in [6.45, 7) is 0.593. The number of rotatable bonds is 5. The van der Waals surface area contributed by atoms with Gasteiger partial charge in [0.05, 0.1) is 28.3 Å². The van der Waals surface area contributed by atoms with Crippen LogP contribution < -0.4 is 4.90 Å². The second kappa shape index (κ2) is 8.41. The number of benzene rings is 3. The molecule has 0 aliphatic carbocycles. The number of hydrogen-bond acceptors (Lipinski definition) is 3. The van der Waals surface area contributed by atoms with Crippen molar-refractivity contribution in [3.63, 3.8) is 0 Å². The van der Waals surface area contributed by atoms with Gasteiger partial charge in [-0.15, -0.1) is 0 Å². The molecule has 5 rings (SSSR count). The van der Waals surface area contributed by atoms with Gasteiger partial charge in [0.15, 0.2) is 5.78 Å². The van der Waals surface area contributed by atoms with Crippen LogP contribution in [0, 0.1) is 0 Å². The van der Waals surface area contributed by atoms with E-state index in [0.717, 1.165) is 16.9 Å². The van der Waals surface area contributed by atoms with Gasteiger partial charge in [0.25, 0.3) is 0 Å². The highest BCUT2D eigenvalue weighted by molar-refractivity contribution is 6.33. The van der Waals surface area contributed by atoms with Gasteiger partial charge in [0.2, 0.25) is 5.91 Å². The molecule has 0 spiro atoms. The SMILES string of the molecule is O=C(Cn1c(C2CC(=O)N(c3ccccc3Cl)C2)nc2ccccc21)c1ccc(Cl)cc1. The van der Waals surface area contributed by atoms with Crippen molar-refractivity contribution in [1.82, 2.24) is 9.55 Å². The lowest BCUT2D eigenvalue weighted by Gasteiger charge is -2.18. The van der Waals surface area contributed by atoms with Gasteiger partial charge in [0, 0.05) is 29.5 Å². The van der Waals surface area contributed by atoms with Crippen LogP contribution >= 0.6 is 23.2 Å². The first-order chi connectivity index (χ1) is 15.5. The molecular weight excluding hydrogens is 445 g/mol. The molecule has 0 saturated carbocycles. The van der Waals surface area contributed by atoms with Gasteiger partial charge >= 0.3 is 0 Å². The van der Waals surface area contributed by atoms with E-state index in [-0.39, 0.29) is 24.2 Å². The maximum atomic E-state index is 13.0. The van der Waals surface area contributed by atoms with Gasteiger partial charge in [-0.3, -0.25) is 9.59 Å². The van der Waals surface area contributed by atoms with E-state index >= 15 is 0 Å². The van der Waals surface area contributed by atoms with Crippen molar-refractivity contribution in [3.05, 3.63) is 94.2 Å². The third kappa shape index (κ3) is 3.78. The predicted octanol–water partition coefficient (Wildman–Crippen LogP) is 5.75. The number of anilines is 1. The van der Waals surface area contributed by atoms with E-state index < -0.39 is 0 Å². The Labute approximate surface area is 195 Å². The van der Waals surface area contributed by atoms with Crippen LogP contribution in [0.1, 0.15) is 28.5 Å². The zero-order valence-corrected chi connectivity index (χ0v) is 18.6. The molecule has 1 aliphatic heterocycles. The van der Waals surface area contributed by atoms with Gasteiger partial charge in [-0.2, -0.15) is 0 Å². The zero-order valence-electron chi connectivity index (χ0n) is 17.0. The fourth-order valence-electron chi connectivity index (χ4n) is 4.23. The topological polar surface area (TPSA) is 55.2 Å². The minimum Gasteiger partial charge on any atom is -0.320 e. The number of carbonyl (C=O) groups is 2. The van der Waals surface area contributed by atoms with Gasteiger partial charge in [-0.25, -0.2) is 4.98 Å². The Bertz CT molecular complexity index is 1330. The van der Waals surface area contributed by atoms with Crippen molar-refractivity contribution in [3.8, 4) is 0 Å². The van der Waals surface area contributed by atoms with Crippen LogP contribution in [-0.4, -0.2) is 27.8 Å². The molecule has 0 N–H and O–H groups in total. The normalized spacial score (nSPS) is 16.1. The van der Waals surface area contributed by atoms with Crippen LogP contribution in [0.15, 0.2) is 72.8 Å². The maximum absolute atomic E-state index is 13.0. The summed E-state index contributed by atoms with van der Waals surface area (Å²) in [7, 11) is 0. The number of hydrogen-bond donors (Lipinski definition) is 0. The summed E-state index contributed by atoms with van der Waals surface area (Å²) in [5.41, 5.74) is 2.95. The lowest BCUT2D eigenvalue weighted by Crippen LogP contribution is -2.25. The second-order valence-electron chi connectivity index (χ2n) is 7.83. The Kier molecular flexibility index (Phi) is 5.45. The molecule has 7 heteroatoms. The number of para-hydroxylation sites is 3. The van der Waals surface area contributed by atoms with E-state index in [1.807, 2.05) is 47.0 Å². The van der Waals surface area contributed by atoms with Gasteiger partial charge in [-0.05, 0) is 48.5 Å². The summed E-state index contributed by atoms with van der Waals surface area (Å²) in [6.07, 6.45) is 0.309. The molecule has 160 valence electrons. The standard InChI is InChI=1S/C25H19Cl2N3O2/c26-18-11-9-16(10-12-18)23(31)15-30-22-8-4-2-6-20(22)28-25(30)17-13-24(32)29(14-17)21-7-3-1-5-19(21)27/h1-12,17H,13-15H2. The third-order valence-corrected chi connectivity index (χ3v) is 6.36. The summed E-state index contributed by atoms with van der Waals surface area (Å²) in [4.78, 5) is 32.4. The van der Waals surface area contributed by atoms with Crippen molar-refractivity contribution < 1.29 is 9.59 Å². The maximum Gasteiger partial charge on any atom is 0.227 e. The van der Waals surface area contributed by atoms with Gasteiger partial charge < -0.3 is 9.47 Å². The molecule has 0 bridgehead atoms. The fourth-order valence-corrected chi connectivity index (χ4v) is 4.59. The molecule has 5 nitrogen and oxygen atoms in total. The first-order valence-electron chi connectivity index (χ1n) is 10.3. The molecule has 1 aromatic heterocycles. The van der Waals surface area contributed by atoms with Crippen LogP contribution in [0.5, 0.6) is 0 Å². The first kappa shape index (κ1) is 20.7. The summed E-state index contributed by atoms with van der Waals surface area (Å²) in [5, 5.41) is 1.12. The zero-order chi connectivity index (χ0) is 22.2. The van der Waals surface area contributed by atoms with Crippen LogP contribution in [-0.2, 0) is 11.3 Å². The molecule has 2 heterocycles. The molecule has 1 atom stereocenters. The predicted molar refractivity (Wildman–Crippen MR) is 127 cm³/mol. The minimum absolute atomic E-state index is 0.00858. The van der Waals surface area contributed by atoms with Gasteiger partial charge in [0.1, 0.15) is 5.82 Å². The minimum atomic E-state index is -0.149. The molecule has 1 amide bonds.